The maximum absolute atomic E-state index is 13.2. The lowest BCUT2D eigenvalue weighted by atomic mass is 10.0. The van der Waals surface area contributed by atoms with Crippen LogP contribution in [0.3, 0.4) is 0 Å². The van der Waals surface area contributed by atoms with Crippen molar-refractivity contribution < 1.29 is 19.1 Å². The summed E-state index contributed by atoms with van der Waals surface area (Å²) in [7, 11) is 3.79. The second-order valence-corrected chi connectivity index (χ2v) is 8.58. The van der Waals surface area contributed by atoms with Gasteiger partial charge < -0.3 is 24.8 Å². The number of hydrogen-bond donors (Lipinski definition) is 1. The SMILES string of the molecule is C=C1CCC(N2Cc3c(ccc(N(C)C)c3OCC(=O)N(CCC)CCC)C2=O)C(=O)N1. The molecule has 0 saturated carbocycles. The van der Waals surface area contributed by atoms with Crippen molar-refractivity contribution in [3.05, 3.63) is 35.5 Å². The third-order valence-electron chi connectivity index (χ3n) is 5.92. The molecule has 0 radical (unpaired) electrons. The van der Waals surface area contributed by atoms with Gasteiger partial charge in [-0.25, -0.2) is 0 Å². The molecule has 3 amide bonds. The normalized spacial score (nSPS) is 17.8. The van der Waals surface area contributed by atoms with Crippen molar-refractivity contribution in [2.45, 2.75) is 52.1 Å². The number of rotatable bonds is 9. The minimum Gasteiger partial charge on any atom is -0.481 e. The first-order valence-electron chi connectivity index (χ1n) is 11.3. The van der Waals surface area contributed by atoms with Crippen LogP contribution < -0.4 is 15.0 Å². The predicted molar refractivity (Wildman–Crippen MR) is 124 cm³/mol. The van der Waals surface area contributed by atoms with Crippen LogP contribution in [0.25, 0.3) is 0 Å². The van der Waals surface area contributed by atoms with Gasteiger partial charge in [-0.2, -0.15) is 0 Å². The average Bonchev–Trinajstić information content (AvgIpc) is 3.08. The van der Waals surface area contributed by atoms with E-state index >= 15 is 0 Å². The third kappa shape index (κ3) is 4.74. The van der Waals surface area contributed by atoms with Gasteiger partial charge >= 0.3 is 0 Å². The molecule has 0 aliphatic carbocycles. The number of carbonyl (C=O) groups excluding carboxylic acids is 3. The van der Waals surface area contributed by atoms with Gasteiger partial charge in [0.1, 0.15) is 11.8 Å². The molecule has 2 heterocycles. The van der Waals surface area contributed by atoms with E-state index < -0.39 is 6.04 Å². The summed E-state index contributed by atoms with van der Waals surface area (Å²) in [5.41, 5.74) is 2.72. The molecule has 1 fully saturated rings. The first-order valence-corrected chi connectivity index (χ1v) is 11.3. The van der Waals surface area contributed by atoms with Crippen LogP contribution in [0.4, 0.5) is 5.69 Å². The zero-order valence-corrected chi connectivity index (χ0v) is 19.6. The standard InChI is InChI=1S/C24H34N4O4/c1-6-12-27(13-7-2)21(29)15-32-22-18-14-28(20-10-8-16(3)25-23(20)30)24(31)17(18)9-11-19(22)26(4)5/h9,11,20H,3,6-8,10,12-15H2,1-2,4-5H3,(H,25,30). The van der Waals surface area contributed by atoms with E-state index in [1.807, 2.05) is 43.8 Å². The van der Waals surface area contributed by atoms with Gasteiger partial charge in [-0.3, -0.25) is 14.4 Å². The molecule has 1 aromatic carbocycles. The van der Waals surface area contributed by atoms with Crippen LogP contribution in [0.15, 0.2) is 24.4 Å². The van der Waals surface area contributed by atoms with Crippen molar-refractivity contribution in [3.8, 4) is 5.75 Å². The Balaban J connectivity index is 1.86. The van der Waals surface area contributed by atoms with Gasteiger partial charge in [0.25, 0.3) is 11.8 Å². The average molecular weight is 443 g/mol. The molecule has 1 unspecified atom stereocenters. The first-order chi connectivity index (χ1) is 15.3. The van der Waals surface area contributed by atoms with Crippen LogP contribution in [-0.2, 0) is 16.1 Å². The molecule has 32 heavy (non-hydrogen) atoms. The number of carbonyl (C=O) groups is 3. The molecule has 1 atom stereocenters. The van der Waals surface area contributed by atoms with Crippen LogP contribution in [0.1, 0.15) is 55.5 Å². The number of amides is 3. The van der Waals surface area contributed by atoms with Crippen molar-refractivity contribution in [3.63, 3.8) is 0 Å². The lowest BCUT2D eigenvalue weighted by molar-refractivity contribution is -0.133. The smallest absolute Gasteiger partial charge is 0.260 e. The Labute approximate surface area is 190 Å². The lowest BCUT2D eigenvalue weighted by Crippen LogP contribution is -2.49. The van der Waals surface area contributed by atoms with E-state index in [1.54, 1.807) is 11.0 Å². The van der Waals surface area contributed by atoms with Crippen molar-refractivity contribution in [2.75, 3.05) is 38.7 Å². The van der Waals surface area contributed by atoms with Gasteiger partial charge in [-0.15, -0.1) is 0 Å². The summed E-state index contributed by atoms with van der Waals surface area (Å²) in [5.74, 6) is 0.0722. The molecule has 0 bridgehead atoms. The van der Waals surface area contributed by atoms with E-state index in [-0.39, 0.29) is 30.9 Å². The number of fused-ring (bicyclic) bond motifs is 1. The van der Waals surface area contributed by atoms with Crippen LogP contribution in [0, 0.1) is 0 Å². The van der Waals surface area contributed by atoms with Gasteiger partial charge in [-0.05, 0) is 37.8 Å². The second kappa shape index (κ2) is 10.1. The number of nitrogens with one attached hydrogen (secondary N) is 1. The number of benzene rings is 1. The summed E-state index contributed by atoms with van der Waals surface area (Å²) in [6.07, 6.45) is 2.95. The van der Waals surface area contributed by atoms with Crippen LogP contribution >= 0.6 is 0 Å². The van der Waals surface area contributed by atoms with E-state index in [4.69, 9.17) is 4.74 Å². The maximum Gasteiger partial charge on any atom is 0.260 e. The minimum atomic E-state index is -0.540. The fourth-order valence-corrected chi connectivity index (χ4v) is 4.32. The van der Waals surface area contributed by atoms with Crippen LogP contribution in [0.5, 0.6) is 5.75 Å². The molecule has 2 aliphatic rings. The quantitative estimate of drug-likeness (QED) is 0.636. The highest BCUT2D eigenvalue weighted by Gasteiger charge is 2.40. The van der Waals surface area contributed by atoms with E-state index in [2.05, 4.69) is 11.9 Å². The zero-order valence-electron chi connectivity index (χ0n) is 19.6. The number of ether oxygens (including phenoxy) is 1. The molecule has 1 saturated heterocycles. The van der Waals surface area contributed by atoms with E-state index in [1.165, 1.54) is 0 Å². The molecule has 0 spiro atoms. The zero-order chi connectivity index (χ0) is 23.4. The molecular weight excluding hydrogens is 408 g/mol. The molecule has 174 valence electrons. The predicted octanol–water partition coefficient (Wildman–Crippen LogP) is 2.53. The number of anilines is 1. The Bertz CT molecular complexity index is 906. The molecule has 3 rings (SSSR count). The van der Waals surface area contributed by atoms with E-state index in [9.17, 15) is 14.4 Å². The van der Waals surface area contributed by atoms with Gasteiger partial charge in [0.2, 0.25) is 5.91 Å². The van der Waals surface area contributed by atoms with Gasteiger partial charge in [-0.1, -0.05) is 20.4 Å². The topological polar surface area (TPSA) is 82.2 Å². The molecule has 2 aliphatic heterocycles. The van der Waals surface area contributed by atoms with Crippen molar-refractivity contribution in [1.29, 1.82) is 0 Å². The summed E-state index contributed by atoms with van der Waals surface area (Å²) in [4.78, 5) is 43.8. The summed E-state index contributed by atoms with van der Waals surface area (Å²) < 4.78 is 6.08. The van der Waals surface area contributed by atoms with Crippen molar-refractivity contribution in [2.24, 2.45) is 0 Å². The number of piperidine rings is 1. The number of hydrogen-bond acceptors (Lipinski definition) is 5. The Morgan fingerprint density at radius 2 is 1.91 bits per heavy atom. The Hall–Kier alpha value is -3.03. The largest absolute Gasteiger partial charge is 0.481 e. The first kappa shape index (κ1) is 23.6. The van der Waals surface area contributed by atoms with Crippen molar-refractivity contribution >= 4 is 23.4 Å². The minimum absolute atomic E-state index is 0.0673. The Morgan fingerprint density at radius 3 is 2.50 bits per heavy atom. The van der Waals surface area contributed by atoms with Gasteiger partial charge in [0.15, 0.2) is 6.61 Å². The highest BCUT2D eigenvalue weighted by Crippen LogP contribution is 2.40. The molecule has 0 aromatic heterocycles. The third-order valence-corrected chi connectivity index (χ3v) is 5.92. The van der Waals surface area contributed by atoms with Crippen molar-refractivity contribution in [1.82, 2.24) is 15.1 Å². The fraction of sp³-hybridized carbons (Fsp3) is 0.542. The molecule has 1 aromatic rings. The molecule has 1 N–H and O–H groups in total. The Morgan fingerprint density at radius 1 is 1.22 bits per heavy atom. The number of allylic oxidation sites excluding steroid dienone is 1. The van der Waals surface area contributed by atoms with E-state index in [0.29, 0.717) is 42.9 Å². The molecular formula is C24H34N4O4. The van der Waals surface area contributed by atoms with Crippen LogP contribution in [-0.4, -0.2) is 67.4 Å². The van der Waals surface area contributed by atoms with Crippen LogP contribution in [0.2, 0.25) is 0 Å². The highest BCUT2D eigenvalue weighted by molar-refractivity contribution is 6.03. The summed E-state index contributed by atoms with van der Waals surface area (Å²) in [6.45, 7) is 9.47. The van der Waals surface area contributed by atoms with Gasteiger partial charge in [0, 0.05) is 44.0 Å². The number of nitrogens with zero attached hydrogens (tertiary/aromatic N) is 3. The lowest BCUT2D eigenvalue weighted by Gasteiger charge is -2.31. The summed E-state index contributed by atoms with van der Waals surface area (Å²) in [6, 6.07) is 3.07. The summed E-state index contributed by atoms with van der Waals surface area (Å²) in [5, 5.41) is 2.76. The highest BCUT2D eigenvalue weighted by atomic mass is 16.5. The summed E-state index contributed by atoms with van der Waals surface area (Å²) >= 11 is 0. The second-order valence-electron chi connectivity index (χ2n) is 8.58. The molecule has 8 nitrogen and oxygen atoms in total. The van der Waals surface area contributed by atoms with Gasteiger partial charge in [0.05, 0.1) is 12.2 Å². The Kier molecular flexibility index (Phi) is 7.43. The maximum atomic E-state index is 13.2. The monoisotopic (exact) mass is 442 g/mol. The van der Waals surface area contributed by atoms with E-state index in [0.717, 1.165) is 24.1 Å². The molecule has 8 heteroatoms. The fourth-order valence-electron chi connectivity index (χ4n) is 4.32.